The summed E-state index contributed by atoms with van der Waals surface area (Å²) in [5.41, 5.74) is 0. The van der Waals surface area contributed by atoms with E-state index >= 15 is 0 Å². The molecule has 2 N–H and O–H groups in total. The van der Waals surface area contributed by atoms with E-state index in [4.69, 9.17) is 0 Å². The summed E-state index contributed by atoms with van der Waals surface area (Å²) < 4.78 is 0. The highest BCUT2D eigenvalue weighted by atomic mass is 16.2. The Balaban J connectivity index is 2.09. The number of piperazine rings is 1. The van der Waals surface area contributed by atoms with E-state index in [1.54, 1.807) is 0 Å². The van der Waals surface area contributed by atoms with E-state index < -0.39 is 0 Å². The highest BCUT2D eigenvalue weighted by Crippen LogP contribution is 2.03. The molecule has 122 valence electrons. The molecule has 1 aliphatic heterocycles. The molecule has 0 bridgehead atoms. The van der Waals surface area contributed by atoms with Crippen LogP contribution in [0.2, 0.25) is 0 Å². The Morgan fingerprint density at radius 3 is 2.24 bits per heavy atom. The summed E-state index contributed by atoms with van der Waals surface area (Å²) in [5, 5.41) is 5.54. The van der Waals surface area contributed by atoms with Crippen LogP contribution >= 0.6 is 0 Å². The number of carbonyl (C=O) groups excluding carboxylic acids is 2. The van der Waals surface area contributed by atoms with E-state index in [1.807, 2.05) is 4.90 Å². The minimum atomic E-state index is -0.181. The number of likely N-dealkylation sites (N-methyl/N-ethyl adjacent to an activating group) is 1. The first-order valence-corrected chi connectivity index (χ1v) is 8.04. The number of rotatable bonds is 7. The molecule has 0 aromatic rings. The van der Waals surface area contributed by atoms with E-state index in [1.165, 1.54) is 0 Å². The van der Waals surface area contributed by atoms with Crippen molar-refractivity contribution in [2.24, 2.45) is 5.92 Å². The highest BCUT2D eigenvalue weighted by molar-refractivity contribution is 5.78. The van der Waals surface area contributed by atoms with Gasteiger partial charge in [-0.1, -0.05) is 20.8 Å². The van der Waals surface area contributed by atoms with Gasteiger partial charge in [-0.2, -0.15) is 0 Å². The van der Waals surface area contributed by atoms with Gasteiger partial charge in [0.25, 0.3) is 0 Å². The van der Waals surface area contributed by atoms with Crippen LogP contribution in [0, 0.1) is 5.92 Å². The molecule has 1 rings (SSSR count). The summed E-state index contributed by atoms with van der Waals surface area (Å²) in [4.78, 5) is 27.8. The molecule has 0 radical (unpaired) electrons. The zero-order chi connectivity index (χ0) is 15.7. The molecule has 0 unspecified atom stereocenters. The van der Waals surface area contributed by atoms with Gasteiger partial charge in [0.1, 0.15) is 0 Å². The average Bonchev–Trinajstić information content (AvgIpc) is 2.46. The number of amides is 3. The van der Waals surface area contributed by atoms with E-state index in [9.17, 15) is 9.59 Å². The lowest BCUT2D eigenvalue weighted by Gasteiger charge is -2.34. The summed E-state index contributed by atoms with van der Waals surface area (Å²) in [5.74, 6) is 0.710. The van der Waals surface area contributed by atoms with Crippen molar-refractivity contribution in [1.82, 2.24) is 20.4 Å². The molecular weight excluding hydrogens is 268 g/mol. The van der Waals surface area contributed by atoms with Crippen LogP contribution in [-0.4, -0.2) is 67.6 Å². The second kappa shape index (κ2) is 9.60. The van der Waals surface area contributed by atoms with E-state index in [0.717, 1.165) is 39.1 Å². The zero-order valence-corrected chi connectivity index (χ0v) is 13.7. The molecular formula is C15H30N4O2. The molecule has 0 aromatic heterocycles. The Kier molecular flexibility index (Phi) is 8.12. The van der Waals surface area contributed by atoms with Crippen LogP contribution < -0.4 is 10.6 Å². The Hall–Kier alpha value is -1.30. The molecule has 0 aromatic carbocycles. The van der Waals surface area contributed by atoms with Crippen LogP contribution in [-0.2, 0) is 4.79 Å². The number of nitrogens with zero attached hydrogens (tertiary/aromatic N) is 2. The first-order valence-electron chi connectivity index (χ1n) is 8.04. The highest BCUT2D eigenvalue weighted by Gasteiger charge is 2.19. The Bertz CT molecular complexity index is 326. The van der Waals surface area contributed by atoms with Crippen LogP contribution in [0.4, 0.5) is 4.79 Å². The maximum atomic E-state index is 12.0. The molecule has 0 atom stereocenters. The molecule has 1 aliphatic rings. The van der Waals surface area contributed by atoms with Gasteiger partial charge in [0.15, 0.2) is 0 Å². The van der Waals surface area contributed by atoms with Crippen LogP contribution in [0.5, 0.6) is 0 Å². The molecule has 0 aliphatic carbocycles. The van der Waals surface area contributed by atoms with Crippen molar-refractivity contribution in [3.8, 4) is 0 Å². The first-order chi connectivity index (χ1) is 10.0. The summed E-state index contributed by atoms with van der Waals surface area (Å²) in [6.07, 6.45) is 1.35. The third-order valence-corrected chi connectivity index (χ3v) is 3.80. The summed E-state index contributed by atoms with van der Waals surface area (Å²) >= 11 is 0. The van der Waals surface area contributed by atoms with Gasteiger partial charge < -0.3 is 20.4 Å². The SMILES string of the molecule is CCN1CCN(C(=O)CCNC(=O)NCCC(C)C)CC1. The van der Waals surface area contributed by atoms with Gasteiger partial charge in [0, 0.05) is 45.7 Å². The van der Waals surface area contributed by atoms with Crippen molar-refractivity contribution in [1.29, 1.82) is 0 Å². The third-order valence-electron chi connectivity index (χ3n) is 3.80. The molecule has 1 fully saturated rings. The van der Waals surface area contributed by atoms with Crippen LogP contribution in [0.3, 0.4) is 0 Å². The van der Waals surface area contributed by atoms with E-state index in [-0.39, 0.29) is 11.9 Å². The molecule has 6 heteroatoms. The number of hydrogen-bond donors (Lipinski definition) is 2. The molecule has 1 heterocycles. The van der Waals surface area contributed by atoms with E-state index in [2.05, 4.69) is 36.3 Å². The molecule has 3 amide bonds. The standard InChI is InChI=1S/C15H30N4O2/c1-4-18-9-11-19(12-10-18)14(20)6-8-17-15(21)16-7-5-13(2)3/h13H,4-12H2,1-3H3,(H2,16,17,21). The summed E-state index contributed by atoms with van der Waals surface area (Å²) in [7, 11) is 0. The Morgan fingerprint density at radius 2 is 1.67 bits per heavy atom. The quantitative estimate of drug-likeness (QED) is 0.733. The fraction of sp³-hybridized carbons (Fsp3) is 0.867. The summed E-state index contributed by atoms with van der Waals surface area (Å²) in [6, 6.07) is -0.181. The van der Waals surface area contributed by atoms with Gasteiger partial charge in [0.2, 0.25) is 5.91 Å². The van der Waals surface area contributed by atoms with Gasteiger partial charge in [-0.15, -0.1) is 0 Å². The third kappa shape index (κ3) is 7.32. The molecule has 0 saturated carbocycles. The van der Waals surface area contributed by atoms with Crippen molar-refractivity contribution < 1.29 is 9.59 Å². The van der Waals surface area contributed by atoms with Crippen LogP contribution in [0.15, 0.2) is 0 Å². The van der Waals surface area contributed by atoms with Crippen LogP contribution in [0.1, 0.15) is 33.6 Å². The Morgan fingerprint density at radius 1 is 1.05 bits per heavy atom. The second-order valence-electron chi connectivity index (χ2n) is 5.93. The lowest BCUT2D eigenvalue weighted by molar-refractivity contribution is -0.132. The average molecular weight is 298 g/mol. The van der Waals surface area contributed by atoms with Gasteiger partial charge in [-0.05, 0) is 18.9 Å². The number of carbonyl (C=O) groups is 2. The second-order valence-corrected chi connectivity index (χ2v) is 5.93. The number of nitrogens with one attached hydrogen (secondary N) is 2. The maximum absolute atomic E-state index is 12.0. The van der Waals surface area contributed by atoms with Crippen molar-refractivity contribution in [3.63, 3.8) is 0 Å². The summed E-state index contributed by atoms with van der Waals surface area (Å²) in [6.45, 7) is 12.0. The van der Waals surface area contributed by atoms with Gasteiger partial charge in [-0.25, -0.2) is 4.79 Å². The molecule has 1 saturated heterocycles. The molecule has 6 nitrogen and oxygen atoms in total. The maximum Gasteiger partial charge on any atom is 0.314 e. The fourth-order valence-electron chi connectivity index (χ4n) is 2.29. The van der Waals surface area contributed by atoms with Crippen molar-refractivity contribution in [3.05, 3.63) is 0 Å². The van der Waals surface area contributed by atoms with Crippen molar-refractivity contribution in [2.45, 2.75) is 33.6 Å². The topological polar surface area (TPSA) is 64.7 Å². The van der Waals surface area contributed by atoms with Gasteiger partial charge in [0.05, 0.1) is 0 Å². The molecule has 21 heavy (non-hydrogen) atoms. The largest absolute Gasteiger partial charge is 0.340 e. The van der Waals surface area contributed by atoms with Crippen molar-refractivity contribution >= 4 is 11.9 Å². The number of urea groups is 1. The minimum Gasteiger partial charge on any atom is -0.340 e. The molecule has 0 spiro atoms. The van der Waals surface area contributed by atoms with E-state index in [0.29, 0.717) is 25.4 Å². The van der Waals surface area contributed by atoms with Crippen molar-refractivity contribution in [2.75, 3.05) is 45.8 Å². The fourth-order valence-corrected chi connectivity index (χ4v) is 2.29. The van der Waals surface area contributed by atoms with Gasteiger partial charge >= 0.3 is 6.03 Å². The first kappa shape index (κ1) is 17.8. The van der Waals surface area contributed by atoms with Crippen LogP contribution in [0.25, 0.3) is 0 Å². The normalized spacial score (nSPS) is 16.1. The predicted octanol–water partition coefficient (Wildman–Crippen LogP) is 0.886. The zero-order valence-electron chi connectivity index (χ0n) is 13.7. The van der Waals surface area contributed by atoms with Gasteiger partial charge in [-0.3, -0.25) is 4.79 Å². The Labute approximate surface area is 128 Å². The predicted molar refractivity (Wildman–Crippen MR) is 84.2 cm³/mol. The monoisotopic (exact) mass is 298 g/mol. The minimum absolute atomic E-state index is 0.133. The number of hydrogen-bond acceptors (Lipinski definition) is 3. The lowest BCUT2D eigenvalue weighted by atomic mass is 10.1. The lowest BCUT2D eigenvalue weighted by Crippen LogP contribution is -2.49. The smallest absolute Gasteiger partial charge is 0.314 e.